The zero-order valence-corrected chi connectivity index (χ0v) is 11.8. The maximum atomic E-state index is 11.8. The van der Waals surface area contributed by atoms with E-state index in [2.05, 4.69) is 15.5 Å². The summed E-state index contributed by atoms with van der Waals surface area (Å²) in [5.41, 5.74) is -0.663. The number of aromatic nitrogens is 2. The number of rotatable bonds is 5. The lowest BCUT2D eigenvalue weighted by molar-refractivity contribution is -0.139. The number of nitrogens with zero attached hydrogens (tertiary/aromatic N) is 3. The van der Waals surface area contributed by atoms with E-state index in [1.165, 1.54) is 0 Å². The zero-order valence-electron chi connectivity index (χ0n) is 11.8. The van der Waals surface area contributed by atoms with Crippen molar-refractivity contribution in [1.29, 1.82) is 0 Å². The second-order valence-electron chi connectivity index (χ2n) is 6.17. The minimum atomic E-state index is -0.663. The van der Waals surface area contributed by atoms with E-state index in [4.69, 9.17) is 4.42 Å². The fourth-order valence-electron chi connectivity index (χ4n) is 2.35. The molecule has 1 aromatic heterocycles. The molecule has 20 heavy (non-hydrogen) atoms. The molecule has 0 bridgehead atoms. The van der Waals surface area contributed by atoms with Gasteiger partial charge in [-0.25, -0.2) is 0 Å². The number of aliphatic hydroxyl groups is 1. The van der Waals surface area contributed by atoms with E-state index in [1.807, 2.05) is 18.7 Å². The SMILES string of the molecule is CC(C)C1(O)CN(CC(=O)Nc2nnc(C3CC3)o2)C1. The van der Waals surface area contributed by atoms with Gasteiger partial charge in [0.05, 0.1) is 12.1 Å². The summed E-state index contributed by atoms with van der Waals surface area (Å²) in [6.45, 7) is 5.24. The monoisotopic (exact) mass is 280 g/mol. The second kappa shape index (κ2) is 4.82. The molecule has 1 aromatic rings. The van der Waals surface area contributed by atoms with Crippen molar-refractivity contribution in [2.24, 2.45) is 5.92 Å². The summed E-state index contributed by atoms with van der Waals surface area (Å²) in [5, 5.41) is 20.4. The number of hydrogen-bond acceptors (Lipinski definition) is 6. The molecule has 2 aliphatic rings. The molecule has 0 aromatic carbocycles. The van der Waals surface area contributed by atoms with Gasteiger partial charge in [0.25, 0.3) is 0 Å². The van der Waals surface area contributed by atoms with Crippen LogP contribution in [0, 0.1) is 5.92 Å². The van der Waals surface area contributed by atoms with E-state index in [-0.39, 0.29) is 24.4 Å². The van der Waals surface area contributed by atoms with E-state index in [9.17, 15) is 9.90 Å². The number of likely N-dealkylation sites (tertiary alicyclic amines) is 1. The number of β-amino-alcohol motifs (C(OH)–C–C–N with tert-alkyl or cyclic N) is 1. The molecule has 2 heterocycles. The third-order valence-electron chi connectivity index (χ3n) is 4.05. The minimum Gasteiger partial charge on any atom is -0.408 e. The van der Waals surface area contributed by atoms with E-state index in [0.29, 0.717) is 24.9 Å². The van der Waals surface area contributed by atoms with Crippen LogP contribution < -0.4 is 5.32 Å². The summed E-state index contributed by atoms with van der Waals surface area (Å²) < 4.78 is 5.37. The number of hydrogen-bond donors (Lipinski definition) is 2. The van der Waals surface area contributed by atoms with Crippen LogP contribution in [0.2, 0.25) is 0 Å². The van der Waals surface area contributed by atoms with E-state index >= 15 is 0 Å². The van der Waals surface area contributed by atoms with Crippen molar-refractivity contribution < 1.29 is 14.3 Å². The van der Waals surface area contributed by atoms with Crippen LogP contribution in [-0.2, 0) is 4.79 Å². The fraction of sp³-hybridized carbons (Fsp3) is 0.769. The minimum absolute atomic E-state index is 0.163. The zero-order chi connectivity index (χ0) is 14.3. The first-order valence-corrected chi connectivity index (χ1v) is 7.04. The Kier molecular flexibility index (Phi) is 3.25. The fourth-order valence-corrected chi connectivity index (χ4v) is 2.35. The molecular formula is C13H20N4O3. The van der Waals surface area contributed by atoms with Gasteiger partial charge < -0.3 is 9.52 Å². The molecule has 1 saturated heterocycles. The first kappa shape index (κ1) is 13.5. The van der Waals surface area contributed by atoms with Gasteiger partial charge >= 0.3 is 6.01 Å². The van der Waals surface area contributed by atoms with Crippen LogP contribution >= 0.6 is 0 Å². The number of carbonyl (C=O) groups is 1. The Morgan fingerprint density at radius 3 is 2.80 bits per heavy atom. The molecule has 7 nitrogen and oxygen atoms in total. The molecule has 1 aliphatic carbocycles. The summed E-state index contributed by atoms with van der Waals surface area (Å²) in [4.78, 5) is 13.7. The van der Waals surface area contributed by atoms with Gasteiger partial charge in [-0.15, -0.1) is 5.10 Å². The molecule has 3 rings (SSSR count). The average molecular weight is 280 g/mol. The lowest BCUT2D eigenvalue weighted by atomic mass is 9.83. The van der Waals surface area contributed by atoms with Crippen molar-refractivity contribution >= 4 is 11.9 Å². The predicted molar refractivity (Wildman–Crippen MR) is 71.1 cm³/mol. The van der Waals surface area contributed by atoms with Crippen LogP contribution in [-0.4, -0.2) is 51.3 Å². The van der Waals surface area contributed by atoms with Gasteiger partial charge in [0.2, 0.25) is 11.8 Å². The third kappa shape index (κ3) is 2.69. The van der Waals surface area contributed by atoms with Crippen molar-refractivity contribution in [2.75, 3.05) is 25.0 Å². The van der Waals surface area contributed by atoms with Gasteiger partial charge in [-0.2, -0.15) is 0 Å². The Bertz CT molecular complexity index is 503. The number of amides is 1. The lowest BCUT2D eigenvalue weighted by Crippen LogP contribution is -2.65. The smallest absolute Gasteiger partial charge is 0.322 e. The van der Waals surface area contributed by atoms with Crippen molar-refractivity contribution in [1.82, 2.24) is 15.1 Å². The summed E-state index contributed by atoms with van der Waals surface area (Å²) in [6, 6.07) is 0.163. The van der Waals surface area contributed by atoms with Crippen LogP contribution in [0.25, 0.3) is 0 Å². The van der Waals surface area contributed by atoms with Crippen LogP contribution in [0.5, 0.6) is 0 Å². The standard InChI is InChI=1S/C13H20N4O3/c1-8(2)13(19)6-17(7-13)5-10(18)14-12-16-15-11(20-12)9-3-4-9/h8-9,19H,3-7H2,1-2H3,(H,14,16,18). The highest BCUT2D eigenvalue weighted by atomic mass is 16.4. The molecule has 7 heteroatoms. The Balaban J connectivity index is 1.46. The highest BCUT2D eigenvalue weighted by Gasteiger charge is 2.44. The highest BCUT2D eigenvalue weighted by molar-refractivity contribution is 5.90. The maximum absolute atomic E-state index is 11.8. The third-order valence-corrected chi connectivity index (χ3v) is 4.05. The largest absolute Gasteiger partial charge is 0.408 e. The molecule has 2 N–H and O–H groups in total. The van der Waals surface area contributed by atoms with Gasteiger partial charge in [-0.3, -0.25) is 15.0 Å². The summed E-state index contributed by atoms with van der Waals surface area (Å²) >= 11 is 0. The maximum Gasteiger partial charge on any atom is 0.322 e. The van der Waals surface area contributed by atoms with E-state index < -0.39 is 5.60 Å². The van der Waals surface area contributed by atoms with Gasteiger partial charge in [-0.1, -0.05) is 18.9 Å². The highest BCUT2D eigenvalue weighted by Crippen LogP contribution is 2.39. The van der Waals surface area contributed by atoms with Crippen molar-refractivity contribution in [3.63, 3.8) is 0 Å². The molecule has 0 spiro atoms. The Morgan fingerprint density at radius 1 is 1.50 bits per heavy atom. The number of carbonyl (C=O) groups excluding carboxylic acids is 1. The van der Waals surface area contributed by atoms with Gasteiger partial charge in [-0.05, 0) is 18.8 Å². The predicted octanol–water partition coefficient (Wildman–Crippen LogP) is 0.588. The second-order valence-corrected chi connectivity index (χ2v) is 6.17. The number of anilines is 1. The molecule has 110 valence electrons. The molecule has 1 saturated carbocycles. The van der Waals surface area contributed by atoms with Crippen LogP contribution in [0.15, 0.2) is 4.42 Å². The first-order chi connectivity index (χ1) is 9.46. The molecule has 1 aliphatic heterocycles. The lowest BCUT2D eigenvalue weighted by Gasteiger charge is -2.48. The van der Waals surface area contributed by atoms with Crippen LogP contribution in [0.4, 0.5) is 6.01 Å². The first-order valence-electron chi connectivity index (χ1n) is 7.04. The van der Waals surface area contributed by atoms with Gasteiger partial charge in [0.15, 0.2) is 0 Å². The summed E-state index contributed by atoms with van der Waals surface area (Å²) in [6.07, 6.45) is 2.16. The molecule has 2 fully saturated rings. The normalized spacial score (nSPS) is 21.8. The molecular weight excluding hydrogens is 260 g/mol. The Labute approximate surface area is 117 Å². The molecule has 0 atom stereocenters. The molecule has 1 amide bonds. The quantitative estimate of drug-likeness (QED) is 0.820. The van der Waals surface area contributed by atoms with E-state index in [1.54, 1.807) is 0 Å². The molecule has 0 radical (unpaired) electrons. The molecule has 0 unspecified atom stereocenters. The van der Waals surface area contributed by atoms with E-state index in [0.717, 1.165) is 12.8 Å². The Hall–Kier alpha value is -1.47. The summed E-state index contributed by atoms with van der Waals surface area (Å²) in [5.74, 6) is 0.990. The van der Waals surface area contributed by atoms with Gasteiger partial charge in [0.1, 0.15) is 0 Å². The van der Waals surface area contributed by atoms with Crippen molar-refractivity contribution in [2.45, 2.75) is 38.2 Å². The van der Waals surface area contributed by atoms with Crippen molar-refractivity contribution in [3.05, 3.63) is 5.89 Å². The van der Waals surface area contributed by atoms with Crippen LogP contribution in [0.1, 0.15) is 38.5 Å². The topological polar surface area (TPSA) is 91.5 Å². The Morgan fingerprint density at radius 2 is 2.20 bits per heavy atom. The van der Waals surface area contributed by atoms with Gasteiger partial charge in [0, 0.05) is 19.0 Å². The van der Waals surface area contributed by atoms with Crippen LogP contribution in [0.3, 0.4) is 0 Å². The average Bonchev–Trinajstić information content (AvgIpc) is 3.08. The number of nitrogens with one attached hydrogen (secondary N) is 1. The summed E-state index contributed by atoms with van der Waals surface area (Å²) in [7, 11) is 0. The van der Waals surface area contributed by atoms with Crippen molar-refractivity contribution in [3.8, 4) is 0 Å².